The number of oxazole rings is 1. The van der Waals surface area contributed by atoms with E-state index in [2.05, 4.69) is 4.98 Å². The lowest BCUT2D eigenvalue weighted by Crippen LogP contribution is -2.14. The summed E-state index contributed by atoms with van der Waals surface area (Å²) in [5, 5.41) is 0. The topological polar surface area (TPSA) is 44.5 Å². The Bertz CT molecular complexity index is 782. The maximum atomic E-state index is 6.19. The summed E-state index contributed by atoms with van der Waals surface area (Å²) in [6.45, 7) is 1.02. The van der Waals surface area contributed by atoms with Crippen LogP contribution in [0.4, 0.5) is 0 Å². The van der Waals surface area contributed by atoms with Gasteiger partial charge in [-0.15, -0.1) is 11.3 Å². The van der Waals surface area contributed by atoms with Crippen molar-refractivity contribution in [3.05, 3.63) is 40.9 Å². The summed E-state index contributed by atoms with van der Waals surface area (Å²) >= 11 is 7.58. The van der Waals surface area contributed by atoms with E-state index in [-0.39, 0.29) is 0 Å². The van der Waals surface area contributed by atoms with Crippen molar-refractivity contribution in [3.8, 4) is 33.5 Å². The van der Waals surface area contributed by atoms with Gasteiger partial charge < -0.3 is 13.9 Å². The van der Waals surface area contributed by atoms with Crippen LogP contribution in [0.1, 0.15) is 0 Å². The molecular formula is C15H10ClNO3S. The molecule has 1 aliphatic heterocycles. The van der Waals surface area contributed by atoms with Crippen molar-refractivity contribution < 1.29 is 13.9 Å². The zero-order chi connectivity index (χ0) is 14.2. The van der Waals surface area contributed by atoms with E-state index in [4.69, 9.17) is 25.5 Å². The van der Waals surface area contributed by atoms with Gasteiger partial charge in [0.15, 0.2) is 11.5 Å². The van der Waals surface area contributed by atoms with Crippen molar-refractivity contribution in [1.82, 2.24) is 4.98 Å². The van der Waals surface area contributed by atoms with Gasteiger partial charge in [-0.25, -0.2) is 4.98 Å². The molecule has 3 heterocycles. The summed E-state index contributed by atoms with van der Waals surface area (Å²) in [4.78, 5) is 5.36. The van der Waals surface area contributed by atoms with Crippen LogP contribution in [0.2, 0.25) is 4.34 Å². The molecule has 0 aliphatic carbocycles. The van der Waals surface area contributed by atoms with Gasteiger partial charge in [-0.2, -0.15) is 0 Å². The lowest BCUT2D eigenvalue weighted by atomic mass is 10.2. The van der Waals surface area contributed by atoms with Crippen LogP contribution in [-0.4, -0.2) is 18.2 Å². The van der Waals surface area contributed by atoms with Gasteiger partial charge in [-0.05, 0) is 12.1 Å². The van der Waals surface area contributed by atoms with Crippen LogP contribution in [0.5, 0.6) is 11.5 Å². The highest BCUT2D eigenvalue weighted by atomic mass is 35.5. The normalized spacial score (nSPS) is 13.4. The summed E-state index contributed by atoms with van der Waals surface area (Å²) in [5.41, 5.74) is 1.63. The molecule has 0 amide bonds. The van der Waals surface area contributed by atoms with E-state index in [1.54, 1.807) is 6.26 Å². The molecule has 0 radical (unpaired) electrons. The van der Waals surface area contributed by atoms with Gasteiger partial charge in [0.25, 0.3) is 0 Å². The van der Waals surface area contributed by atoms with Crippen molar-refractivity contribution in [2.24, 2.45) is 0 Å². The van der Waals surface area contributed by atoms with Crippen LogP contribution in [0.15, 0.2) is 41.0 Å². The Hall–Kier alpha value is -1.98. The average molecular weight is 320 g/mol. The largest absolute Gasteiger partial charge is 0.484 e. The SMILES string of the molecule is Clc1sc(-c2coc(-c3ccccc3)n2)c2c1OCCO2. The van der Waals surface area contributed by atoms with Crippen molar-refractivity contribution in [3.63, 3.8) is 0 Å². The number of nitrogens with zero attached hydrogens (tertiary/aromatic N) is 1. The summed E-state index contributed by atoms with van der Waals surface area (Å²) < 4.78 is 17.3. The summed E-state index contributed by atoms with van der Waals surface area (Å²) in [7, 11) is 0. The summed E-state index contributed by atoms with van der Waals surface area (Å²) in [6, 6.07) is 9.74. The summed E-state index contributed by atoms with van der Waals surface area (Å²) in [5.74, 6) is 1.83. The molecule has 21 heavy (non-hydrogen) atoms. The zero-order valence-electron chi connectivity index (χ0n) is 10.8. The molecule has 0 saturated heterocycles. The smallest absolute Gasteiger partial charge is 0.226 e. The minimum atomic E-state index is 0.510. The molecule has 1 aliphatic rings. The van der Waals surface area contributed by atoms with Gasteiger partial charge in [0, 0.05) is 5.56 Å². The molecule has 0 unspecified atom stereocenters. The zero-order valence-corrected chi connectivity index (χ0v) is 12.4. The number of hydrogen-bond donors (Lipinski definition) is 0. The predicted octanol–water partition coefficient (Wildman–Crippen LogP) is 4.49. The first-order chi connectivity index (χ1) is 10.3. The van der Waals surface area contributed by atoms with Crippen LogP contribution < -0.4 is 9.47 Å². The third kappa shape index (κ3) is 2.18. The van der Waals surface area contributed by atoms with Crippen LogP contribution in [0.3, 0.4) is 0 Å². The molecule has 0 N–H and O–H groups in total. The van der Waals surface area contributed by atoms with Crippen molar-refractivity contribution >= 4 is 22.9 Å². The molecule has 4 nitrogen and oxygen atoms in total. The third-order valence-corrected chi connectivity index (χ3v) is 4.48. The first-order valence-corrected chi connectivity index (χ1v) is 7.61. The molecule has 106 valence electrons. The predicted molar refractivity (Wildman–Crippen MR) is 81.3 cm³/mol. The quantitative estimate of drug-likeness (QED) is 0.698. The molecule has 4 rings (SSSR count). The molecule has 0 fully saturated rings. The van der Waals surface area contributed by atoms with E-state index in [1.807, 2.05) is 30.3 Å². The Labute approximate surface area is 129 Å². The molecule has 0 bridgehead atoms. The maximum absolute atomic E-state index is 6.19. The Morgan fingerprint density at radius 3 is 2.62 bits per heavy atom. The Kier molecular flexibility index (Phi) is 3.09. The monoisotopic (exact) mass is 319 g/mol. The number of halogens is 1. The number of hydrogen-bond acceptors (Lipinski definition) is 5. The lowest BCUT2D eigenvalue weighted by Gasteiger charge is -2.15. The van der Waals surface area contributed by atoms with E-state index >= 15 is 0 Å². The number of rotatable bonds is 2. The van der Waals surface area contributed by atoms with Crippen molar-refractivity contribution in [2.75, 3.05) is 13.2 Å². The second kappa shape index (κ2) is 5.09. The Morgan fingerprint density at radius 2 is 1.81 bits per heavy atom. The van der Waals surface area contributed by atoms with Gasteiger partial charge in [0.05, 0.1) is 0 Å². The van der Waals surface area contributed by atoms with Crippen LogP contribution >= 0.6 is 22.9 Å². The van der Waals surface area contributed by atoms with E-state index in [9.17, 15) is 0 Å². The number of thiophene rings is 1. The van der Waals surface area contributed by atoms with Gasteiger partial charge in [0.2, 0.25) is 5.89 Å². The van der Waals surface area contributed by atoms with Crippen LogP contribution in [0.25, 0.3) is 22.0 Å². The summed E-state index contributed by atoms with van der Waals surface area (Å²) in [6.07, 6.45) is 1.61. The van der Waals surface area contributed by atoms with E-state index in [0.29, 0.717) is 40.6 Å². The van der Waals surface area contributed by atoms with Gasteiger partial charge >= 0.3 is 0 Å². The number of benzene rings is 1. The third-order valence-electron chi connectivity index (χ3n) is 3.12. The highest BCUT2D eigenvalue weighted by Gasteiger charge is 2.26. The molecule has 2 aromatic heterocycles. The fourth-order valence-corrected chi connectivity index (χ4v) is 3.41. The molecular weight excluding hydrogens is 310 g/mol. The molecule has 0 atom stereocenters. The first-order valence-electron chi connectivity index (χ1n) is 6.42. The van der Waals surface area contributed by atoms with E-state index in [1.165, 1.54) is 11.3 Å². The molecule has 0 spiro atoms. The Balaban J connectivity index is 1.77. The fourth-order valence-electron chi connectivity index (χ4n) is 2.18. The average Bonchev–Trinajstić information content (AvgIpc) is 3.14. The second-order valence-corrected chi connectivity index (χ2v) is 6.09. The second-order valence-electron chi connectivity index (χ2n) is 4.46. The van der Waals surface area contributed by atoms with E-state index < -0.39 is 0 Å². The lowest BCUT2D eigenvalue weighted by molar-refractivity contribution is 0.174. The molecule has 3 aromatic rings. The highest BCUT2D eigenvalue weighted by molar-refractivity contribution is 7.20. The Morgan fingerprint density at radius 1 is 1.05 bits per heavy atom. The van der Waals surface area contributed by atoms with E-state index in [0.717, 1.165) is 10.4 Å². The molecule has 0 saturated carbocycles. The number of ether oxygens (including phenoxy) is 2. The van der Waals surface area contributed by atoms with Crippen molar-refractivity contribution in [1.29, 1.82) is 0 Å². The fraction of sp³-hybridized carbons (Fsp3) is 0.133. The first kappa shape index (κ1) is 12.7. The highest BCUT2D eigenvalue weighted by Crippen LogP contribution is 2.51. The van der Waals surface area contributed by atoms with Gasteiger partial charge in [0.1, 0.15) is 34.4 Å². The standard InChI is InChI=1S/C15H10ClNO3S/c16-14-12-11(18-6-7-19-12)13(21-14)10-8-20-15(17-10)9-4-2-1-3-5-9/h1-5,8H,6-7H2. The maximum Gasteiger partial charge on any atom is 0.226 e. The molecule has 1 aromatic carbocycles. The van der Waals surface area contributed by atoms with Crippen LogP contribution in [-0.2, 0) is 0 Å². The minimum absolute atomic E-state index is 0.510. The van der Waals surface area contributed by atoms with Crippen LogP contribution in [0, 0.1) is 0 Å². The number of aromatic nitrogens is 1. The number of fused-ring (bicyclic) bond motifs is 1. The van der Waals surface area contributed by atoms with Crippen molar-refractivity contribution in [2.45, 2.75) is 0 Å². The van der Waals surface area contributed by atoms with Gasteiger partial charge in [-0.1, -0.05) is 29.8 Å². The molecule has 6 heteroatoms. The van der Waals surface area contributed by atoms with Gasteiger partial charge in [-0.3, -0.25) is 0 Å². The minimum Gasteiger partial charge on any atom is -0.484 e.